The Morgan fingerprint density at radius 1 is 1.52 bits per heavy atom. The van der Waals surface area contributed by atoms with Crippen molar-refractivity contribution in [1.82, 2.24) is 9.88 Å². The first kappa shape index (κ1) is 17.7. The number of carbonyl (C=O) groups is 1. The summed E-state index contributed by atoms with van der Waals surface area (Å²) in [4.78, 5) is 18.5. The van der Waals surface area contributed by atoms with Crippen molar-refractivity contribution < 1.29 is 9.53 Å². The Morgan fingerprint density at radius 2 is 2.24 bits per heavy atom. The first-order valence-corrected chi connectivity index (χ1v) is 7.62. The van der Waals surface area contributed by atoms with Crippen LogP contribution in [0.4, 0.5) is 5.82 Å². The summed E-state index contributed by atoms with van der Waals surface area (Å²) < 4.78 is 5.11. The number of rotatable bonds is 8. The van der Waals surface area contributed by atoms with E-state index in [-0.39, 0.29) is 11.9 Å². The number of methoxy groups -OCH3 is 1. The lowest BCUT2D eigenvalue weighted by molar-refractivity contribution is 0.0579. The van der Waals surface area contributed by atoms with Gasteiger partial charge in [0.25, 0.3) is 5.91 Å². The molecule has 1 heterocycles. The molecule has 0 fully saturated rings. The zero-order valence-corrected chi connectivity index (χ0v) is 13.9. The van der Waals surface area contributed by atoms with Crippen LogP contribution in [-0.2, 0) is 4.74 Å². The van der Waals surface area contributed by atoms with Crippen molar-refractivity contribution in [2.45, 2.75) is 33.2 Å². The lowest BCUT2D eigenvalue weighted by atomic mass is 10.2. The normalized spacial score (nSPS) is 12.0. The van der Waals surface area contributed by atoms with Crippen LogP contribution in [0.15, 0.2) is 12.3 Å². The Hall–Kier alpha value is -1.33. The summed E-state index contributed by atoms with van der Waals surface area (Å²) in [5.74, 6) is 0.529. The fourth-order valence-corrected chi connectivity index (χ4v) is 2.31. The molecule has 0 aliphatic carbocycles. The molecule has 118 valence electrons. The van der Waals surface area contributed by atoms with Crippen LogP contribution in [0, 0.1) is 0 Å². The quantitative estimate of drug-likeness (QED) is 0.801. The monoisotopic (exact) mass is 313 g/mol. The number of carbonyl (C=O) groups excluding carboxylic acids is 1. The van der Waals surface area contributed by atoms with Gasteiger partial charge in [0.15, 0.2) is 0 Å². The summed E-state index contributed by atoms with van der Waals surface area (Å²) >= 11 is 6.18. The number of hydrogen-bond donors (Lipinski definition) is 1. The van der Waals surface area contributed by atoms with Crippen LogP contribution < -0.4 is 5.32 Å². The maximum atomic E-state index is 12.5. The van der Waals surface area contributed by atoms with Crippen molar-refractivity contribution in [3.05, 3.63) is 22.8 Å². The van der Waals surface area contributed by atoms with E-state index in [1.165, 1.54) is 0 Å². The largest absolute Gasteiger partial charge is 0.383 e. The summed E-state index contributed by atoms with van der Waals surface area (Å²) in [6, 6.07) is 1.67. The van der Waals surface area contributed by atoms with Gasteiger partial charge in [-0.05, 0) is 26.3 Å². The number of amides is 1. The highest BCUT2D eigenvalue weighted by atomic mass is 35.5. The van der Waals surface area contributed by atoms with E-state index in [2.05, 4.69) is 17.2 Å². The lowest BCUT2D eigenvalue weighted by Crippen LogP contribution is -2.41. The van der Waals surface area contributed by atoms with E-state index in [9.17, 15) is 4.79 Å². The van der Waals surface area contributed by atoms with Gasteiger partial charge in [-0.25, -0.2) is 4.98 Å². The van der Waals surface area contributed by atoms with Crippen LogP contribution in [0.1, 0.15) is 37.6 Å². The molecular weight excluding hydrogens is 290 g/mol. The third-order valence-corrected chi connectivity index (χ3v) is 3.46. The molecule has 0 aromatic carbocycles. The number of aromatic nitrogens is 1. The minimum Gasteiger partial charge on any atom is -0.383 e. The number of nitrogens with zero attached hydrogens (tertiary/aromatic N) is 2. The molecule has 1 aromatic rings. The minimum atomic E-state index is -0.0847. The van der Waals surface area contributed by atoms with Crippen molar-refractivity contribution >= 4 is 23.3 Å². The zero-order valence-electron chi connectivity index (χ0n) is 13.1. The van der Waals surface area contributed by atoms with Gasteiger partial charge in [0.05, 0.1) is 23.2 Å². The molecule has 1 atom stereocenters. The van der Waals surface area contributed by atoms with Crippen LogP contribution >= 0.6 is 11.6 Å². The molecule has 0 spiro atoms. The number of ether oxygens (including phenoxy) is 1. The predicted octanol–water partition coefficient (Wildman–Crippen LogP) is 3.05. The van der Waals surface area contributed by atoms with Gasteiger partial charge < -0.3 is 15.0 Å². The molecule has 1 aromatic heterocycles. The molecule has 5 nitrogen and oxygen atoms in total. The minimum absolute atomic E-state index is 0.00386. The fraction of sp³-hybridized carbons (Fsp3) is 0.600. The zero-order chi connectivity index (χ0) is 15.8. The van der Waals surface area contributed by atoms with E-state index >= 15 is 0 Å². The number of halogens is 1. The van der Waals surface area contributed by atoms with Crippen molar-refractivity contribution in [3.63, 3.8) is 0 Å². The van der Waals surface area contributed by atoms with Crippen LogP contribution in [0.2, 0.25) is 5.02 Å². The fourth-order valence-electron chi connectivity index (χ4n) is 2.08. The second-order valence-electron chi connectivity index (χ2n) is 4.88. The molecule has 0 bridgehead atoms. The van der Waals surface area contributed by atoms with E-state index in [0.717, 1.165) is 13.0 Å². The molecular formula is C15H24ClN3O2. The molecule has 0 radical (unpaired) electrons. The van der Waals surface area contributed by atoms with Crippen LogP contribution in [0.25, 0.3) is 0 Å². The molecule has 0 saturated heterocycles. The van der Waals surface area contributed by atoms with E-state index in [0.29, 0.717) is 29.6 Å². The Kier molecular flexibility index (Phi) is 7.47. The number of nitrogens with one attached hydrogen (secondary N) is 1. The van der Waals surface area contributed by atoms with Crippen LogP contribution in [-0.4, -0.2) is 48.6 Å². The Labute approximate surface area is 131 Å². The van der Waals surface area contributed by atoms with E-state index in [4.69, 9.17) is 16.3 Å². The number of likely N-dealkylation sites (N-methyl/N-ethyl adjacent to an activating group) is 1. The summed E-state index contributed by atoms with van der Waals surface area (Å²) in [5, 5.41) is 3.59. The number of pyridine rings is 1. The third-order valence-electron chi connectivity index (χ3n) is 3.17. The molecule has 21 heavy (non-hydrogen) atoms. The maximum absolute atomic E-state index is 12.5. The van der Waals surface area contributed by atoms with Gasteiger partial charge in [-0.3, -0.25) is 4.79 Å². The molecule has 1 rings (SSSR count). The second-order valence-corrected chi connectivity index (χ2v) is 5.28. The molecule has 0 saturated carbocycles. The van der Waals surface area contributed by atoms with E-state index in [1.807, 2.05) is 13.8 Å². The second kappa shape index (κ2) is 8.85. The van der Waals surface area contributed by atoms with Gasteiger partial charge in [0, 0.05) is 26.4 Å². The van der Waals surface area contributed by atoms with E-state index < -0.39 is 0 Å². The van der Waals surface area contributed by atoms with Gasteiger partial charge in [0.2, 0.25) is 0 Å². The standard InChI is InChI=1S/C15H24ClN3O2/c1-5-7-17-14-13(16)8-12(9-18-14)15(20)19(6-2)11(3)10-21-4/h8-9,11H,5-7,10H2,1-4H3,(H,17,18). The van der Waals surface area contributed by atoms with Crippen LogP contribution in [0.3, 0.4) is 0 Å². The van der Waals surface area contributed by atoms with E-state index in [1.54, 1.807) is 24.3 Å². The Bertz CT molecular complexity index is 468. The van der Waals surface area contributed by atoms with Gasteiger partial charge >= 0.3 is 0 Å². The number of hydrogen-bond acceptors (Lipinski definition) is 4. The molecule has 1 amide bonds. The number of anilines is 1. The molecule has 1 N–H and O–H groups in total. The summed E-state index contributed by atoms with van der Waals surface area (Å²) in [5.41, 5.74) is 0.492. The maximum Gasteiger partial charge on any atom is 0.255 e. The van der Waals surface area contributed by atoms with Gasteiger partial charge in [-0.15, -0.1) is 0 Å². The molecule has 0 aliphatic heterocycles. The molecule has 1 unspecified atom stereocenters. The van der Waals surface area contributed by atoms with Gasteiger partial charge in [-0.2, -0.15) is 0 Å². The molecule has 6 heteroatoms. The molecule has 0 aliphatic rings. The first-order valence-electron chi connectivity index (χ1n) is 7.24. The summed E-state index contributed by atoms with van der Waals surface area (Å²) in [6.07, 6.45) is 2.55. The highest BCUT2D eigenvalue weighted by molar-refractivity contribution is 6.33. The third kappa shape index (κ3) is 4.86. The predicted molar refractivity (Wildman–Crippen MR) is 86.1 cm³/mol. The van der Waals surface area contributed by atoms with Crippen molar-refractivity contribution in [1.29, 1.82) is 0 Å². The highest BCUT2D eigenvalue weighted by Gasteiger charge is 2.21. The SMILES string of the molecule is CCCNc1ncc(C(=O)N(CC)C(C)COC)cc1Cl. The average molecular weight is 314 g/mol. The van der Waals surface area contributed by atoms with Crippen molar-refractivity contribution in [3.8, 4) is 0 Å². The summed E-state index contributed by atoms with van der Waals surface area (Å²) in [6.45, 7) is 7.86. The van der Waals surface area contributed by atoms with Gasteiger partial charge in [0.1, 0.15) is 5.82 Å². The highest BCUT2D eigenvalue weighted by Crippen LogP contribution is 2.21. The van der Waals surface area contributed by atoms with Crippen LogP contribution in [0.5, 0.6) is 0 Å². The Balaban J connectivity index is 2.88. The first-order chi connectivity index (χ1) is 10.0. The topological polar surface area (TPSA) is 54.5 Å². The lowest BCUT2D eigenvalue weighted by Gasteiger charge is -2.27. The average Bonchev–Trinajstić information content (AvgIpc) is 2.46. The van der Waals surface area contributed by atoms with Crippen molar-refractivity contribution in [2.75, 3.05) is 32.1 Å². The summed E-state index contributed by atoms with van der Waals surface area (Å²) in [7, 11) is 1.63. The van der Waals surface area contributed by atoms with Crippen molar-refractivity contribution in [2.24, 2.45) is 0 Å². The van der Waals surface area contributed by atoms with Gasteiger partial charge in [-0.1, -0.05) is 18.5 Å². The Morgan fingerprint density at radius 3 is 2.76 bits per heavy atom. The smallest absolute Gasteiger partial charge is 0.255 e.